The average Bonchev–Trinajstić information content (AvgIpc) is 2.11. The molecule has 1 unspecified atom stereocenters. The summed E-state index contributed by atoms with van der Waals surface area (Å²) in [4.78, 5) is 0. The summed E-state index contributed by atoms with van der Waals surface area (Å²) in [5, 5.41) is 4.34. The Morgan fingerprint density at radius 1 is 1.33 bits per heavy atom. The van der Waals surface area contributed by atoms with E-state index in [0.29, 0.717) is 0 Å². The molecular formula is C7H13NS. The second-order valence-corrected chi connectivity index (χ2v) is 4.32. The molecule has 0 bridgehead atoms. The van der Waals surface area contributed by atoms with E-state index in [1.54, 1.807) is 0 Å². The fourth-order valence-corrected chi connectivity index (χ4v) is 2.98. The topological polar surface area (TPSA) is 12.0 Å². The van der Waals surface area contributed by atoms with Crippen molar-refractivity contribution in [3.63, 3.8) is 0 Å². The molecule has 2 fully saturated rings. The third-order valence-corrected chi connectivity index (χ3v) is 3.88. The summed E-state index contributed by atoms with van der Waals surface area (Å²) in [6, 6.07) is 0. The highest BCUT2D eigenvalue weighted by Crippen LogP contribution is 2.33. The molecule has 0 aromatic rings. The Hall–Kier alpha value is 0.310. The molecule has 0 radical (unpaired) electrons. The Labute approximate surface area is 60.6 Å². The van der Waals surface area contributed by atoms with E-state index in [9.17, 15) is 0 Å². The van der Waals surface area contributed by atoms with E-state index in [-0.39, 0.29) is 0 Å². The van der Waals surface area contributed by atoms with Crippen LogP contribution in [0.4, 0.5) is 0 Å². The standard InChI is InChI=1S/C7H13NS/c1-2-7(9-3-1)6-4-8-5-6/h6-8H,1-5H2. The first-order valence-corrected chi connectivity index (χ1v) is 4.84. The van der Waals surface area contributed by atoms with Crippen LogP contribution in [-0.4, -0.2) is 24.1 Å². The van der Waals surface area contributed by atoms with E-state index < -0.39 is 0 Å². The van der Waals surface area contributed by atoms with Gasteiger partial charge in [0.2, 0.25) is 0 Å². The Kier molecular flexibility index (Phi) is 1.68. The predicted molar refractivity (Wildman–Crippen MR) is 41.8 cm³/mol. The molecule has 2 rings (SSSR count). The number of rotatable bonds is 1. The van der Waals surface area contributed by atoms with Gasteiger partial charge in [0.05, 0.1) is 0 Å². The van der Waals surface area contributed by atoms with Crippen molar-refractivity contribution in [3.05, 3.63) is 0 Å². The van der Waals surface area contributed by atoms with Gasteiger partial charge in [0, 0.05) is 18.3 Å². The first kappa shape index (κ1) is 6.05. The fraction of sp³-hybridized carbons (Fsp3) is 1.00. The van der Waals surface area contributed by atoms with Crippen LogP contribution in [0.3, 0.4) is 0 Å². The van der Waals surface area contributed by atoms with Crippen molar-refractivity contribution < 1.29 is 0 Å². The Morgan fingerprint density at radius 3 is 2.67 bits per heavy atom. The van der Waals surface area contributed by atoms with Gasteiger partial charge in [-0.15, -0.1) is 0 Å². The minimum atomic E-state index is 1.02. The van der Waals surface area contributed by atoms with Crippen LogP contribution in [0, 0.1) is 5.92 Å². The lowest BCUT2D eigenvalue weighted by molar-refractivity contribution is 0.334. The van der Waals surface area contributed by atoms with Gasteiger partial charge in [-0.3, -0.25) is 0 Å². The molecule has 0 aromatic heterocycles. The molecule has 2 heterocycles. The van der Waals surface area contributed by atoms with Crippen LogP contribution in [0.1, 0.15) is 12.8 Å². The summed E-state index contributed by atoms with van der Waals surface area (Å²) >= 11 is 2.19. The molecule has 1 nitrogen and oxygen atoms in total. The molecule has 0 amide bonds. The van der Waals surface area contributed by atoms with Gasteiger partial charge in [0.1, 0.15) is 0 Å². The molecular weight excluding hydrogens is 130 g/mol. The first-order valence-electron chi connectivity index (χ1n) is 3.79. The lowest BCUT2D eigenvalue weighted by atomic mass is 9.96. The minimum absolute atomic E-state index is 1.02. The van der Waals surface area contributed by atoms with Crippen LogP contribution in [0.5, 0.6) is 0 Å². The third kappa shape index (κ3) is 1.10. The maximum Gasteiger partial charge on any atom is 0.00998 e. The second kappa shape index (κ2) is 2.51. The van der Waals surface area contributed by atoms with Gasteiger partial charge in [0.15, 0.2) is 0 Å². The molecule has 52 valence electrons. The molecule has 9 heavy (non-hydrogen) atoms. The number of hydrogen-bond acceptors (Lipinski definition) is 2. The molecule has 0 spiro atoms. The molecule has 1 atom stereocenters. The smallest absolute Gasteiger partial charge is 0.00998 e. The van der Waals surface area contributed by atoms with Crippen LogP contribution >= 0.6 is 11.8 Å². The normalized spacial score (nSPS) is 36.7. The first-order chi connectivity index (χ1) is 4.47. The monoisotopic (exact) mass is 143 g/mol. The van der Waals surface area contributed by atoms with E-state index in [4.69, 9.17) is 0 Å². The molecule has 2 aliphatic heterocycles. The highest BCUT2D eigenvalue weighted by molar-refractivity contribution is 8.00. The summed E-state index contributed by atoms with van der Waals surface area (Å²) in [5.41, 5.74) is 0. The van der Waals surface area contributed by atoms with Crippen LogP contribution < -0.4 is 5.32 Å². The Balaban J connectivity index is 1.82. The lowest BCUT2D eigenvalue weighted by Crippen LogP contribution is -2.46. The SMILES string of the molecule is C1CSC(C2CNC2)C1. The number of nitrogens with one attached hydrogen (secondary N) is 1. The van der Waals surface area contributed by atoms with Crippen LogP contribution in [0.2, 0.25) is 0 Å². The molecule has 0 aliphatic carbocycles. The van der Waals surface area contributed by atoms with E-state index in [2.05, 4.69) is 17.1 Å². The van der Waals surface area contributed by atoms with Crippen molar-refractivity contribution in [1.82, 2.24) is 5.32 Å². The van der Waals surface area contributed by atoms with Gasteiger partial charge in [-0.05, 0) is 24.5 Å². The summed E-state index contributed by atoms with van der Waals surface area (Å²) in [6.07, 6.45) is 2.95. The quantitative estimate of drug-likeness (QED) is 0.590. The van der Waals surface area contributed by atoms with E-state index in [1.165, 1.54) is 31.7 Å². The van der Waals surface area contributed by atoms with Gasteiger partial charge >= 0.3 is 0 Å². The summed E-state index contributed by atoms with van der Waals surface area (Å²) in [6.45, 7) is 2.58. The zero-order valence-corrected chi connectivity index (χ0v) is 6.41. The van der Waals surface area contributed by atoms with Crippen molar-refractivity contribution in [2.75, 3.05) is 18.8 Å². The summed E-state index contributed by atoms with van der Waals surface area (Å²) in [7, 11) is 0. The van der Waals surface area contributed by atoms with Crippen molar-refractivity contribution >= 4 is 11.8 Å². The van der Waals surface area contributed by atoms with Gasteiger partial charge in [-0.25, -0.2) is 0 Å². The predicted octanol–water partition coefficient (Wildman–Crippen LogP) is 1.10. The molecule has 2 heteroatoms. The molecule has 0 aromatic carbocycles. The highest BCUT2D eigenvalue weighted by Gasteiger charge is 2.29. The van der Waals surface area contributed by atoms with Crippen LogP contribution in [0.25, 0.3) is 0 Å². The Bertz CT molecular complexity index is 95.1. The third-order valence-electron chi connectivity index (χ3n) is 2.30. The van der Waals surface area contributed by atoms with Crippen molar-refractivity contribution in [2.45, 2.75) is 18.1 Å². The van der Waals surface area contributed by atoms with Gasteiger partial charge < -0.3 is 5.32 Å². The minimum Gasteiger partial charge on any atom is -0.316 e. The van der Waals surface area contributed by atoms with Crippen molar-refractivity contribution in [2.24, 2.45) is 5.92 Å². The molecule has 2 saturated heterocycles. The van der Waals surface area contributed by atoms with Crippen LogP contribution in [-0.2, 0) is 0 Å². The summed E-state index contributed by atoms with van der Waals surface area (Å²) in [5.74, 6) is 2.44. The van der Waals surface area contributed by atoms with E-state index >= 15 is 0 Å². The number of hydrogen-bond donors (Lipinski definition) is 1. The van der Waals surface area contributed by atoms with Gasteiger partial charge in [0.25, 0.3) is 0 Å². The lowest BCUT2D eigenvalue weighted by Gasteiger charge is -2.31. The fourth-order valence-electron chi connectivity index (χ4n) is 1.55. The van der Waals surface area contributed by atoms with Gasteiger partial charge in [-0.2, -0.15) is 11.8 Å². The maximum absolute atomic E-state index is 3.32. The highest BCUT2D eigenvalue weighted by atomic mass is 32.2. The van der Waals surface area contributed by atoms with E-state index in [1.807, 2.05) is 0 Å². The molecule has 1 N–H and O–H groups in total. The van der Waals surface area contributed by atoms with Crippen LogP contribution in [0.15, 0.2) is 0 Å². The van der Waals surface area contributed by atoms with E-state index in [0.717, 1.165) is 11.2 Å². The average molecular weight is 143 g/mol. The zero-order valence-electron chi connectivity index (χ0n) is 5.60. The Morgan fingerprint density at radius 2 is 2.22 bits per heavy atom. The van der Waals surface area contributed by atoms with Gasteiger partial charge in [-0.1, -0.05) is 0 Å². The number of thioether (sulfide) groups is 1. The second-order valence-electron chi connectivity index (χ2n) is 2.97. The van der Waals surface area contributed by atoms with Crippen molar-refractivity contribution in [1.29, 1.82) is 0 Å². The summed E-state index contributed by atoms with van der Waals surface area (Å²) < 4.78 is 0. The largest absolute Gasteiger partial charge is 0.316 e. The van der Waals surface area contributed by atoms with Crippen molar-refractivity contribution in [3.8, 4) is 0 Å². The molecule has 0 saturated carbocycles. The molecule has 2 aliphatic rings. The zero-order chi connectivity index (χ0) is 6.10. The maximum atomic E-state index is 3.32.